The van der Waals surface area contributed by atoms with Crippen LogP contribution < -0.4 is 9.62 Å². The molecule has 0 aliphatic heterocycles. The summed E-state index contributed by atoms with van der Waals surface area (Å²) in [6, 6.07) is 12.2. The van der Waals surface area contributed by atoms with E-state index in [-0.39, 0.29) is 37.7 Å². The first kappa shape index (κ1) is 29.6. The molecule has 36 heavy (non-hydrogen) atoms. The number of sulfonamides is 1. The van der Waals surface area contributed by atoms with Crippen LogP contribution in [0.15, 0.2) is 42.5 Å². The average Bonchev–Trinajstić information content (AvgIpc) is 2.76. The molecule has 2 aromatic carbocycles. The van der Waals surface area contributed by atoms with Crippen molar-refractivity contribution in [1.29, 1.82) is 0 Å². The SMILES string of the molecule is Cc1ccccc1CN(C(=O)CCCN(c1cccc(Cl)c1C)S(C)(=O)=O)[C@@H](C)C(=O)NC(C)(C)C. The maximum Gasteiger partial charge on any atom is 0.242 e. The molecule has 9 heteroatoms. The van der Waals surface area contributed by atoms with Crippen molar-refractivity contribution in [3.8, 4) is 0 Å². The van der Waals surface area contributed by atoms with E-state index in [0.717, 1.165) is 17.4 Å². The molecule has 0 spiro atoms. The molecular formula is C27H38ClN3O4S. The summed E-state index contributed by atoms with van der Waals surface area (Å²) in [5.74, 6) is -0.456. The minimum atomic E-state index is -3.59. The second-order valence-electron chi connectivity index (χ2n) is 10.2. The second kappa shape index (κ2) is 12.1. The van der Waals surface area contributed by atoms with E-state index in [1.54, 1.807) is 36.9 Å². The summed E-state index contributed by atoms with van der Waals surface area (Å²) in [7, 11) is -3.59. The molecule has 7 nitrogen and oxygen atoms in total. The molecule has 0 heterocycles. The van der Waals surface area contributed by atoms with Crippen LogP contribution in [-0.2, 0) is 26.2 Å². The summed E-state index contributed by atoms with van der Waals surface area (Å²) in [6.45, 7) is 11.5. The molecule has 2 rings (SSSR count). The van der Waals surface area contributed by atoms with Gasteiger partial charge in [0.25, 0.3) is 0 Å². The minimum Gasteiger partial charge on any atom is -0.350 e. The fourth-order valence-corrected chi connectivity index (χ4v) is 5.06. The largest absolute Gasteiger partial charge is 0.350 e. The molecule has 198 valence electrons. The summed E-state index contributed by atoms with van der Waals surface area (Å²) in [5, 5.41) is 3.42. The first-order valence-corrected chi connectivity index (χ1v) is 14.2. The van der Waals surface area contributed by atoms with Crippen molar-refractivity contribution in [1.82, 2.24) is 10.2 Å². The van der Waals surface area contributed by atoms with Crippen molar-refractivity contribution in [2.45, 2.75) is 72.5 Å². The lowest BCUT2D eigenvalue weighted by Gasteiger charge is -2.32. The van der Waals surface area contributed by atoms with E-state index in [1.807, 2.05) is 52.0 Å². The monoisotopic (exact) mass is 535 g/mol. The Morgan fingerprint density at radius 3 is 2.28 bits per heavy atom. The maximum atomic E-state index is 13.4. The van der Waals surface area contributed by atoms with Crippen LogP contribution in [-0.4, -0.2) is 49.5 Å². The Morgan fingerprint density at radius 2 is 1.69 bits per heavy atom. The number of hydrogen-bond donors (Lipinski definition) is 1. The summed E-state index contributed by atoms with van der Waals surface area (Å²) in [6.07, 6.45) is 1.51. The fraction of sp³-hybridized carbons (Fsp3) is 0.481. The minimum absolute atomic E-state index is 0.0879. The zero-order chi connectivity index (χ0) is 27.3. The molecule has 1 atom stereocenters. The molecule has 0 unspecified atom stereocenters. The number of anilines is 1. The van der Waals surface area contributed by atoms with Gasteiger partial charge in [-0.1, -0.05) is 41.9 Å². The van der Waals surface area contributed by atoms with E-state index < -0.39 is 21.6 Å². The van der Waals surface area contributed by atoms with Gasteiger partial charge in [0.2, 0.25) is 21.8 Å². The molecule has 0 saturated carbocycles. The topological polar surface area (TPSA) is 86.8 Å². The number of hydrogen-bond acceptors (Lipinski definition) is 4. The first-order valence-electron chi connectivity index (χ1n) is 12.0. The predicted molar refractivity (Wildman–Crippen MR) is 147 cm³/mol. The van der Waals surface area contributed by atoms with Gasteiger partial charge in [0.1, 0.15) is 6.04 Å². The van der Waals surface area contributed by atoms with Crippen LogP contribution in [0.2, 0.25) is 5.02 Å². The zero-order valence-electron chi connectivity index (χ0n) is 22.3. The van der Waals surface area contributed by atoms with Crippen molar-refractivity contribution in [3.63, 3.8) is 0 Å². The van der Waals surface area contributed by atoms with E-state index in [0.29, 0.717) is 16.3 Å². The highest BCUT2D eigenvalue weighted by atomic mass is 35.5. The molecule has 0 fully saturated rings. The van der Waals surface area contributed by atoms with Crippen LogP contribution >= 0.6 is 11.6 Å². The average molecular weight is 536 g/mol. The number of rotatable bonds is 10. The number of halogens is 1. The lowest BCUT2D eigenvalue weighted by atomic mass is 10.1. The Kier molecular flexibility index (Phi) is 9.97. The van der Waals surface area contributed by atoms with Crippen LogP contribution in [0.5, 0.6) is 0 Å². The van der Waals surface area contributed by atoms with Gasteiger partial charge in [0, 0.05) is 30.1 Å². The summed E-state index contributed by atoms with van der Waals surface area (Å²) in [5.41, 5.74) is 2.69. The number of amides is 2. The Bertz CT molecular complexity index is 1190. The standard InChI is InChI=1S/C27H38ClN3O4S/c1-19-12-8-9-13-22(19)18-30(21(3)26(33)29-27(4,5)6)25(32)16-11-17-31(36(7,34)35)24-15-10-14-23(28)20(24)2/h8-10,12-15,21H,11,16-18H2,1-7H3,(H,29,33)/t21-/m0/s1. The third kappa shape index (κ3) is 8.23. The number of nitrogens with zero attached hydrogens (tertiary/aromatic N) is 2. The highest BCUT2D eigenvalue weighted by molar-refractivity contribution is 7.92. The van der Waals surface area contributed by atoms with E-state index in [9.17, 15) is 18.0 Å². The van der Waals surface area contributed by atoms with Gasteiger partial charge in [-0.3, -0.25) is 13.9 Å². The van der Waals surface area contributed by atoms with E-state index >= 15 is 0 Å². The van der Waals surface area contributed by atoms with E-state index in [2.05, 4.69) is 5.32 Å². The smallest absolute Gasteiger partial charge is 0.242 e. The fourth-order valence-electron chi connectivity index (χ4n) is 3.88. The molecule has 0 saturated heterocycles. The molecular weight excluding hydrogens is 498 g/mol. The van der Waals surface area contributed by atoms with Crippen LogP contribution in [0, 0.1) is 13.8 Å². The van der Waals surface area contributed by atoms with Crippen LogP contribution in [0.3, 0.4) is 0 Å². The molecule has 0 radical (unpaired) electrons. The molecule has 2 aromatic rings. The summed E-state index contributed by atoms with van der Waals surface area (Å²) in [4.78, 5) is 27.9. The van der Waals surface area contributed by atoms with Crippen molar-refractivity contribution in [3.05, 3.63) is 64.2 Å². The van der Waals surface area contributed by atoms with Crippen molar-refractivity contribution in [2.75, 3.05) is 17.1 Å². The number of carbonyl (C=O) groups excluding carboxylic acids is 2. The third-order valence-electron chi connectivity index (χ3n) is 5.93. The van der Waals surface area contributed by atoms with Crippen molar-refractivity contribution >= 4 is 39.1 Å². The molecule has 2 amide bonds. The van der Waals surface area contributed by atoms with Gasteiger partial charge in [-0.05, 0) is 76.8 Å². The number of benzene rings is 2. The molecule has 0 aromatic heterocycles. The highest BCUT2D eigenvalue weighted by Gasteiger charge is 2.29. The quantitative estimate of drug-likeness (QED) is 0.472. The lowest BCUT2D eigenvalue weighted by Crippen LogP contribution is -2.52. The lowest BCUT2D eigenvalue weighted by molar-refractivity contribution is -0.141. The van der Waals surface area contributed by atoms with Crippen molar-refractivity contribution in [2.24, 2.45) is 0 Å². The van der Waals surface area contributed by atoms with Gasteiger partial charge in [0.15, 0.2) is 0 Å². The Labute approximate surface area is 220 Å². The van der Waals surface area contributed by atoms with Gasteiger partial charge in [-0.2, -0.15) is 0 Å². The predicted octanol–water partition coefficient (Wildman–Crippen LogP) is 4.84. The van der Waals surface area contributed by atoms with Gasteiger partial charge in [0.05, 0.1) is 11.9 Å². The summed E-state index contributed by atoms with van der Waals surface area (Å²) >= 11 is 6.21. The van der Waals surface area contributed by atoms with Gasteiger partial charge in [-0.15, -0.1) is 0 Å². The summed E-state index contributed by atoms with van der Waals surface area (Å²) < 4.78 is 26.4. The van der Waals surface area contributed by atoms with Crippen LogP contribution in [0.25, 0.3) is 0 Å². The van der Waals surface area contributed by atoms with Crippen LogP contribution in [0.1, 0.15) is 57.2 Å². The van der Waals surface area contributed by atoms with Crippen LogP contribution in [0.4, 0.5) is 5.69 Å². The highest BCUT2D eigenvalue weighted by Crippen LogP contribution is 2.28. The number of carbonyl (C=O) groups is 2. The second-order valence-corrected chi connectivity index (χ2v) is 12.5. The van der Waals surface area contributed by atoms with E-state index in [4.69, 9.17) is 11.6 Å². The molecule has 0 aliphatic rings. The van der Waals surface area contributed by atoms with Gasteiger partial charge in [-0.25, -0.2) is 8.42 Å². The van der Waals surface area contributed by atoms with Crippen molar-refractivity contribution < 1.29 is 18.0 Å². The number of aryl methyl sites for hydroxylation is 1. The Hall–Kier alpha value is -2.58. The molecule has 0 bridgehead atoms. The third-order valence-corrected chi connectivity index (χ3v) is 7.52. The Morgan fingerprint density at radius 1 is 1.06 bits per heavy atom. The zero-order valence-corrected chi connectivity index (χ0v) is 23.8. The normalized spacial score (nSPS) is 12.7. The first-order chi connectivity index (χ1) is 16.6. The van der Waals surface area contributed by atoms with E-state index in [1.165, 1.54) is 4.31 Å². The number of nitrogens with one attached hydrogen (secondary N) is 1. The molecule has 1 N–H and O–H groups in total. The Balaban J connectivity index is 2.24. The maximum absolute atomic E-state index is 13.4. The van der Waals surface area contributed by atoms with Gasteiger partial charge >= 0.3 is 0 Å². The van der Waals surface area contributed by atoms with Gasteiger partial charge < -0.3 is 10.2 Å². The molecule has 0 aliphatic carbocycles.